The summed E-state index contributed by atoms with van der Waals surface area (Å²) < 4.78 is 0. The smallest absolute Gasteiger partial charge is 0.00179 e. The summed E-state index contributed by atoms with van der Waals surface area (Å²) in [5.74, 6) is 3.23. The van der Waals surface area contributed by atoms with Gasteiger partial charge in [0.25, 0.3) is 0 Å². The van der Waals surface area contributed by atoms with Gasteiger partial charge in [-0.05, 0) is 56.5 Å². The number of rotatable bonds is 4. The number of hydrogen-bond donors (Lipinski definition) is 1. The second-order valence-electron chi connectivity index (χ2n) is 4.85. The van der Waals surface area contributed by atoms with Crippen LogP contribution in [0, 0.1) is 17.8 Å². The molecule has 2 unspecified atom stereocenters. The SMILES string of the molecule is CCNCC1CCCCC1C1CC1. The maximum atomic E-state index is 3.53. The van der Waals surface area contributed by atoms with Gasteiger partial charge in [-0.15, -0.1) is 0 Å². The van der Waals surface area contributed by atoms with Gasteiger partial charge in [-0.25, -0.2) is 0 Å². The molecule has 2 aliphatic rings. The molecule has 0 aliphatic heterocycles. The molecule has 0 radical (unpaired) electrons. The van der Waals surface area contributed by atoms with Crippen molar-refractivity contribution >= 4 is 0 Å². The Balaban J connectivity index is 1.81. The Hall–Kier alpha value is -0.0400. The molecule has 1 N–H and O–H groups in total. The van der Waals surface area contributed by atoms with Crippen molar-refractivity contribution in [3.8, 4) is 0 Å². The van der Waals surface area contributed by atoms with E-state index >= 15 is 0 Å². The molecule has 76 valence electrons. The fourth-order valence-corrected chi connectivity index (χ4v) is 2.96. The molecule has 13 heavy (non-hydrogen) atoms. The standard InChI is InChI=1S/C12H23N/c1-2-13-9-11-5-3-4-6-12(11)10-7-8-10/h10-13H,2-9H2,1H3. The van der Waals surface area contributed by atoms with Crippen molar-refractivity contribution in [2.75, 3.05) is 13.1 Å². The zero-order chi connectivity index (χ0) is 9.10. The van der Waals surface area contributed by atoms with Gasteiger partial charge in [0.2, 0.25) is 0 Å². The molecule has 0 saturated heterocycles. The lowest BCUT2D eigenvalue weighted by atomic mass is 9.76. The van der Waals surface area contributed by atoms with Gasteiger partial charge in [0.15, 0.2) is 0 Å². The Bertz CT molecular complexity index is 151. The molecule has 2 aliphatic carbocycles. The second kappa shape index (κ2) is 4.45. The molecule has 0 aromatic heterocycles. The molecule has 2 saturated carbocycles. The van der Waals surface area contributed by atoms with Crippen LogP contribution in [0.5, 0.6) is 0 Å². The summed E-state index contributed by atoms with van der Waals surface area (Å²) in [5.41, 5.74) is 0. The van der Waals surface area contributed by atoms with Crippen LogP contribution >= 0.6 is 0 Å². The van der Waals surface area contributed by atoms with Crippen LogP contribution in [0.25, 0.3) is 0 Å². The van der Waals surface area contributed by atoms with E-state index in [0.717, 1.165) is 24.3 Å². The van der Waals surface area contributed by atoms with Crippen molar-refractivity contribution in [3.05, 3.63) is 0 Å². The minimum atomic E-state index is 1.01. The average Bonchev–Trinajstić information content (AvgIpc) is 2.98. The van der Waals surface area contributed by atoms with Crippen LogP contribution < -0.4 is 5.32 Å². The van der Waals surface area contributed by atoms with E-state index in [1.165, 1.54) is 45.1 Å². The van der Waals surface area contributed by atoms with Crippen molar-refractivity contribution < 1.29 is 0 Å². The maximum absolute atomic E-state index is 3.53. The Kier molecular flexibility index (Phi) is 3.26. The van der Waals surface area contributed by atoms with Gasteiger partial charge in [0, 0.05) is 0 Å². The van der Waals surface area contributed by atoms with Crippen molar-refractivity contribution in [1.82, 2.24) is 5.32 Å². The highest BCUT2D eigenvalue weighted by Crippen LogP contribution is 2.46. The van der Waals surface area contributed by atoms with Gasteiger partial charge in [-0.3, -0.25) is 0 Å². The van der Waals surface area contributed by atoms with Gasteiger partial charge in [-0.1, -0.05) is 19.8 Å². The predicted octanol–water partition coefficient (Wildman–Crippen LogP) is 2.81. The largest absolute Gasteiger partial charge is 0.317 e. The summed E-state index contributed by atoms with van der Waals surface area (Å²) in [4.78, 5) is 0. The summed E-state index contributed by atoms with van der Waals surface area (Å²) in [5, 5.41) is 3.53. The van der Waals surface area contributed by atoms with E-state index in [1.54, 1.807) is 0 Å². The van der Waals surface area contributed by atoms with Crippen LogP contribution in [-0.2, 0) is 0 Å². The van der Waals surface area contributed by atoms with Gasteiger partial charge >= 0.3 is 0 Å². The minimum Gasteiger partial charge on any atom is -0.317 e. The molecule has 2 fully saturated rings. The maximum Gasteiger partial charge on any atom is -0.00179 e. The summed E-state index contributed by atoms with van der Waals surface area (Å²) >= 11 is 0. The fraction of sp³-hybridized carbons (Fsp3) is 1.00. The van der Waals surface area contributed by atoms with Crippen molar-refractivity contribution in [3.63, 3.8) is 0 Å². The first-order valence-electron chi connectivity index (χ1n) is 6.12. The van der Waals surface area contributed by atoms with Gasteiger partial charge in [-0.2, -0.15) is 0 Å². The first-order valence-corrected chi connectivity index (χ1v) is 6.12. The molecular weight excluding hydrogens is 158 g/mol. The van der Waals surface area contributed by atoms with Gasteiger partial charge in [0.05, 0.1) is 0 Å². The van der Waals surface area contributed by atoms with E-state index in [4.69, 9.17) is 0 Å². The molecule has 0 spiro atoms. The monoisotopic (exact) mass is 181 g/mol. The lowest BCUT2D eigenvalue weighted by Crippen LogP contribution is -2.31. The lowest BCUT2D eigenvalue weighted by molar-refractivity contribution is 0.205. The molecule has 1 heteroatoms. The molecule has 0 heterocycles. The lowest BCUT2D eigenvalue weighted by Gasteiger charge is -2.31. The van der Waals surface area contributed by atoms with Crippen molar-refractivity contribution in [2.24, 2.45) is 17.8 Å². The molecule has 0 bridgehead atoms. The van der Waals surface area contributed by atoms with Crippen LogP contribution in [0.3, 0.4) is 0 Å². The van der Waals surface area contributed by atoms with Crippen LogP contribution in [0.15, 0.2) is 0 Å². The highest BCUT2D eigenvalue weighted by molar-refractivity contribution is 4.88. The summed E-state index contributed by atoms with van der Waals surface area (Å²) in [7, 11) is 0. The van der Waals surface area contributed by atoms with E-state index < -0.39 is 0 Å². The Morgan fingerprint density at radius 1 is 1.08 bits per heavy atom. The molecule has 2 atom stereocenters. The number of hydrogen-bond acceptors (Lipinski definition) is 1. The first-order chi connectivity index (χ1) is 6.42. The fourth-order valence-electron chi connectivity index (χ4n) is 2.96. The summed E-state index contributed by atoms with van der Waals surface area (Å²) in [6, 6.07) is 0. The van der Waals surface area contributed by atoms with E-state index in [2.05, 4.69) is 12.2 Å². The third kappa shape index (κ3) is 2.46. The molecule has 2 rings (SSSR count). The zero-order valence-corrected chi connectivity index (χ0v) is 8.89. The molecule has 0 aromatic rings. The van der Waals surface area contributed by atoms with Crippen LogP contribution in [0.1, 0.15) is 45.4 Å². The Morgan fingerprint density at radius 2 is 1.85 bits per heavy atom. The zero-order valence-electron chi connectivity index (χ0n) is 8.89. The average molecular weight is 181 g/mol. The van der Waals surface area contributed by atoms with E-state index in [9.17, 15) is 0 Å². The van der Waals surface area contributed by atoms with Crippen molar-refractivity contribution in [2.45, 2.75) is 45.4 Å². The predicted molar refractivity (Wildman–Crippen MR) is 56.7 cm³/mol. The summed E-state index contributed by atoms with van der Waals surface area (Å²) in [6.07, 6.45) is 9.08. The van der Waals surface area contributed by atoms with Crippen molar-refractivity contribution in [1.29, 1.82) is 0 Å². The minimum absolute atomic E-state index is 1.01. The highest BCUT2D eigenvalue weighted by Gasteiger charge is 2.37. The quantitative estimate of drug-likeness (QED) is 0.703. The number of nitrogens with one attached hydrogen (secondary N) is 1. The van der Waals surface area contributed by atoms with Crippen LogP contribution in [0.4, 0.5) is 0 Å². The van der Waals surface area contributed by atoms with Crippen LogP contribution in [-0.4, -0.2) is 13.1 Å². The molecular formula is C12H23N. The normalized spacial score (nSPS) is 34.8. The third-order valence-corrected chi connectivity index (χ3v) is 3.85. The topological polar surface area (TPSA) is 12.0 Å². The molecule has 0 aromatic carbocycles. The van der Waals surface area contributed by atoms with Gasteiger partial charge in [0.1, 0.15) is 0 Å². The molecule has 1 nitrogen and oxygen atoms in total. The highest BCUT2D eigenvalue weighted by atomic mass is 14.8. The van der Waals surface area contributed by atoms with E-state index in [-0.39, 0.29) is 0 Å². The van der Waals surface area contributed by atoms with Gasteiger partial charge < -0.3 is 5.32 Å². The second-order valence-corrected chi connectivity index (χ2v) is 4.85. The Labute approximate surface area is 82.3 Å². The van der Waals surface area contributed by atoms with E-state index in [1.807, 2.05) is 0 Å². The first kappa shape index (κ1) is 9.51. The van der Waals surface area contributed by atoms with E-state index in [0.29, 0.717) is 0 Å². The summed E-state index contributed by atoms with van der Waals surface area (Å²) in [6.45, 7) is 4.65. The van der Waals surface area contributed by atoms with Crippen LogP contribution in [0.2, 0.25) is 0 Å². The molecule has 0 amide bonds. The third-order valence-electron chi connectivity index (χ3n) is 3.85. The Morgan fingerprint density at radius 3 is 2.54 bits per heavy atom.